The quantitative estimate of drug-likeness (QED) is 0.930. The van der Waals surface area contributed by atoms with Crippen LogP contribution in [0, 0.1) is 0 Å². The molecule has 1 N–H and O–H groups in total. The predicted octanol–water partition coefficient (Wildman–Crippen LogP) is 3.84. The lowest BCUT2D eigenvalue weighted by molar-refractivity contribution is 0.0939. The minimum atomic E-state index is -0.330. The molecule has 0 saturated heterocycles. The Balaban J connectivity index is 2.12. The predicted molar refractivity (Wildman–Crippen MR) is 83.8 cm³/mol. The number of hydrogen-bond donors (Lipinski definition) is 1. The van der Waals surface area contributed by atoms with Crippen molar-refractivity contribution in [2.75, 3.05) is 0 Å². The number of amides is 1. The van der Waals surface area contributed by atoms with Crippen LogP contribution in [0.25, 0.3) is 0 Å². The molecular formula is C15H15Cl2N3O. The van der Waals surface area contributed by atoms with Gasteiger partial charge in [0.05, 0.1) is 11.6 Å². The number of rotatable bonds is 4. The van der Waals surface area contributed by atoms with E-state index in [1.165, 1.54) is 11.6 Å². The van der Waals surface area contributed by atoms with Crippen molar-refractivity contribution in [2.45, 2.75) is 26.3 Å². The Morgan fingerprint density at radius 3 is 2.52 bits per heavy atom. The number of nitrogens with one attached hydrogen (secondary N) is 1. The molecule has 2 aromatic rings. The zero-order valence-corrected chi connectivity index (χ0v) is 13.2. The van der Waals surface area contributed by atoms with E-state index >= 15 is 0 Å². The fourth-order valence-corrected chi connectivity index (χ4v) is 2.24. The van der Waals surface area contributed by atoms with Gasteiger partial charge in [0.1, 0.15) is 0 Å². The molecule has 1 aromatic heterocycles. The molecule has 0 fully saturated rings. The number of aryl methyl sites for hydroxylation is 1. The van der Waals surface area contributed by atoms with Gasteiger partial charge < -0.3 is 5.32 Å². The van der Waals surface area contributed by atoms with Crippen LogP contribution in [0.15, 0.2) is 30.3 Å². The summed E-state index contributed by atoms with van der Waals surface area (Å²) in [4.78, 5) is 12.2. The molecule has 110 valence electrons. The minimum absolute atomic E-state index is 0.0328. The Morgan fingerprint density at radius 1 is 1.24 bits per heavy atom. The first-order valence-electron chi connectivity index (χ1n) is 6.59. The summed E-state index contributed by atoms with van der Waals surface area (Å²) < 4.78 is 0. The Kier molecular flexibility index (Phi) is 5.15. The van der Waals surface area contributed by atoms with Crippen molar-refractivity contribution >= 4 is 29.1 Å². The van der Waals surface area contributed by atoms with Crippen LogP contribution in [0.2, 0.25) is 10.3 Å². The van der Waals surface area contributed by atoms with Crippen LogP contribution < -0.4 is 5.32 Å². The average Bonchev–Trinajstić information content (AvgIpc) is 2.49. The lowest BCUT2D eigenvalue weighted by Crippen LogP contribution is -2.27. The molecule has 1 unspecified atom stereocenters. The molecule has 0 bridgehead atoms. The summed E-state index contributed by atoms with van der Waals surface area (Å²) in [6.45, 7) is 4.01. The summed E-state index contributed by atoms with van der Waals surface area (Å²) in [5.41, 5.74) is 2.49. The van der Waals surface area contributed by atoms with E-state index in [1.54, 1.807) is 0 Å². The maximum Gasteiger partial charge on any atom is 0.255 e. The molecule has 0 aliphatic heterocycles. The van der Waals surface area contributed by atoms with E-state index in [-0.39, 0.29) is 27.8 Å². The van der Waals surface area contributed by atoms with E-state index in [9.17, 15) is 4.79 Å². The second-order valence-electron chi connectivity index (χ2n) is 4.66. The standard InChI is InChI=1S/C15H15Cl2N3O/c1-3-10-4-6-11(7-5-10)9(2)18-15(21)12-8-13(16)19-20-14(12)17/h4-9H,3H2,1-2H3,(H,18,21). The Bertz CT molecular complexity index is 644. The molecule has 1 aromatic carbocycles. The van der Waals surface area contributed by atoms with Gasteiger partial charge in [-0.05, 0) is 30.5 Å². The van der Waals surface area contributed by atoms with Crippen molar-refractivity contribution in [3.05, 3.63) is 57.3 Å². The van der Waals surface area contributed by atoms with E-state index in [4.69, 9.17) is 23.2 Å². The molecule has 0 radical (unpaired) electrons. The van der Waals surface area contributed by atoms with Crippen LogP contribution in [0.1, 0.15) is 41.4 Å². The summed E-state index contributed by atoms with van der Waals surface area (Å²) in [6, 6.07) is 9.36. The maximum absolute atomic E-state index is 12.2. The zero-order chi connectivity index (χ0) is 15.4. The normalized spacial score (nSPS) is 12.0. The first-order chi connectivity index (χ1) is 10.0. The molecule has 1 heterocycles. The van der Waals surface area contributed by atoms with Crippen LogP contribution >= 0.6 is 23.2 Å². The summed E-state index contributed by atoms with van der Waals surface area (Å²) in [6.07, 6.45) is 0.984. The second kappa shape index (κ2) is 6.87. The van der Waals surface area contributed by atoms with Gasteiger partial charge in [-0.3, -0.25) is 4.79 Å². The summed E-state index contributed by atoms with van der Waals surface area (Å²) in [5.74, 6) is -0.330. The van der Waals surface area contributed by atoms with Crippen LogP contribution in [0.4, 0.5) is 0 Å². The first-order valence-corrected chi connectivity index (χ1v) is 7.35. The zero-order valence-electron chi connectivity index (χ0n) is 11.7. The number of hydrogen-bond acceptors (Lipinski definition) is 3. The van der Waals surface area contributed by atoms with E-state index in [1.807, 2.05) is 19.1 Å². The Hall–Kier alpha value is -1.65. The molecule has 2 rings (SSSR count). The average molecular weight is 324 g/mol. The Labute approximate surface area is 133 Å². The van der Waals surface area contributed by atoms with Crippen molar-refractivity contribution in [3.8, 4) is 0 Å². The van der Waals surface area contributed by atoms with E-state index in [0.29, 0.717) is 0 Å². The monoisotopic (exact) mass is 323 g/mol. The van der Waals surface area contributed by atoms with Crippen molar-refractivity contribution in [3.63, 3.8) is 0 Å². The molecular weight excluding hydrogens is 309 g/mol. The van der Waals surface area contributed by atoms with Crippen LogP contribution in [-0.4, -0.2) is 16.1 Å². The summed E-state index contributed by atoms with van der Waals surface area (Å²) in [7, 11) is 0. The largest absolute Gasteiger partial charge is 0.345 e. The number of halogens is 2. The fraction of sp³-hybridized carbons (Fsp3) is 0.267. The van der Waals surface area contributed by atoms with Gasteiger partial charge >= 0.3 is 0 Å². The van der Waals surface area contributed by atoms with Gasteiger partial charge in [0.15, 0.2) is 10.3 Å². The van der Waals surface area contributed by atoms with E-state index in [0.717, 1.165) is 12.0 Å². The SMILES string of the molecule is CCc1ccc(C(C)NC(=O)c2cc(Cl)nnc2Cl)cc1. The Morgan fingerprint density at radius 2 is 1.90 bits per heavy atom. The lowest BCUT2D eigenvalue weighted by Gasteiger charge is -2.15. The lowest BCUT2D eigenvalue weighted by atomic mass is 10.0. The van der Waals surface area contributed by atoms with Crippen LogP contribution in [0.3, 0.4) is 0 Å². The number of benzene rings is 1. The van der Waals surface area contributed by atoms with Crippen LogP contribution in [0.5, 0.6) is 0 Å². The van der Waals surface area contributed by atoms with Crippen LogP contribution in [-0.2, 0) is 6.42 Å². The molecule has 21 heavy (non-hydrogen) atoms. The highest BCUT2D eigenvalue weighted by molar-refractivity contribution is 6.34. The molecule has 1 atom stereocenters. The van der Waals surface area contributed by atoms with Gasteiger partial charge in [-0.1, -0.05) is 54.4 Å². The van der Waals surface area contributed by atoms with Crippen molar-refractivity contribution in [2.24, 2.45) is 0 Å². The molecule has 0 saturated carbocycles. The number of carbonyl (C=O) groups is 1. The van der Waals surface area contributed by atoms with Gasteiger partial charge in [0.2, 0.25) is 0 Å². The van der Waals surface area contributed by atoms with Gasteiger partial charge in [0.25, 0.3) is 5.91 Å². The van der Waals surface area contributed by atoms with Gasteiger partial charge in [-0.2, -0.15) is 0 Å². The van der Waals surface area contributed by atoms with E-state index < -0.39 is 0 Å². The van der Waals surface area contributed by atoms with Crippen molar-refractivity contribution in [1.82, 2.24) is 15.5 Å². The van der Waals surface area contributed by atoms with Gasteiger partial charge in [0, 0.05) is 0 Å². The summed E-state index contributed by atoms with van der Waals surface area (Å²) in [5, 5.41) is 10.2. The summed E-state index contributed by atoms with van der Waals surface area (Å²) >= 11 is 11.6. The molecule has 6 heteroatoms. The highest BCUT2D eigenvalue weighted by Gasteiger charge is 2.16. The van der Waals surface area contributed by atoms with Crippen molar-refractivity contribution in [1.29, 1.82) is 0 Å². The highest BCUT2D eigenvalue weighted by Crippen LogP contribution is 2.18. The minimum Gasteiger partial charge on any atom is -0.345 e. The molecule has 0 spiro atoms. The molecule has 4 nitrogen and oxygen atoms in total. The number of nitrogens with zero attached hydrogens (tertiary/aromatic N) is 2. The third-order valence-electron chi connectivity index (χ3n) is 3.20. The maximum atomic E-state index is 12.2. The number of carbonyl (C=O) groups excluding carboxylic acids is 1. The molecule has 1 amide bonds. The number of aromatic nitrogens is 2. The molecule has 0 aliphatic rings. The van der Waals surface area contributed by atoms with Gasteiger partial charge in [-0.25, -0.2) is 0 Å². The highest BCUT2D eigenvalue weighted by atomic mass is 35.5. The molecule has 0 aliphatic carbocycles. The van der Waals surface area contributed by atoms with Gasteiger partial charge in [-0.15, -0.1) is 10.2 Å². The van der Waals surface area contributed by atoms with Crippen molar-refractivity contribution < 1.29 is 4.79 Å². The smallest absolute Gasteiger partial charge is 0.255 e. The van der Waals surface area contributed by atoms with E-state index in [2.05, 4.69) is 34.6 Å². The fourth-order valence-electron chi connectivity index (χ4n) is 1.91. The third kappa shape index (κ3) is 3.93. The second-order valence-corrected chi connectivity index (χ2v) is 5.41. The topological polar surface area (TPSA) is 54.9 Å². The third-order valence-corrected chi connectivity index (χ3v) is 3.66. The first kappa shape index (κ1) is 15.7.